The lowest BCUT2D eigenvalue weighted by atomic mass is 9.83. The number of nitriles is 2. The smallest absolute Gasteiger partial charge is 0.0993 e. The molecule has 2 atom stereocenters. The number of benzene rings is 8. The van der Waals surface area contributed by atoms with Gasteiger partial charge in [-0.2, -0.15) is 10.5 Å². The van der Waals surface area contributed by atoms with Crippen molar-refractivity contribution in [1.29, 1.82) is 10.5 Å². The molecule has 8 aromatic carbocycles. The Labute approximate surface area is 355 Å². The van der Waals surface area contributed by atoms with Gasteiger partial charge in [-0.05, 0) is 48.5 Å². The highest BCUT2D eigenvalue weighted by molar-refractivity contribution is 6.19. The van der Waals surface area contributed by atoms with Crippen LogP contribution < -0.4 is 0 Å². The number of aromatic nitrogens is 4. The minimum Gasteiger partial charge on any atom is -0.330 e. The summed E-state index contributed by atoms with van der Waals surface area (Å²) in [5.41, 5.74) is 10.3. The molecule has 13 rings (SSSR count). The molecule has 0 fully saturated rings. The summed E-state index contributed by atoms with van der Waals surface area (Å²) in [5.74, 6) is 0. The van der Waals surface area contributed by atoms with Crippen LogP contribution in [0.2, 0.25) is 0 Å². The summed E-state index contributed by atoms with van der Waals surface area (Å²) < 4.78 is 9.24. The lowest BCUT2D eigenvalue weighted by molar-refractivity contribution is 0.454. The van der Waals surface area contributed by atoms with Crippen molar-refractivity contribution in [3.05, 3.63) is 205 Å². The maximum atomic E-state index is 12.3. The van der Waals surface area contributed by atoms with E-state index in [1.807, 2.05) is 0 Å². The van der Waals surface area contributed by atoms with Crippen LogP contribution in [0.15, 0.2) is 205 Å². The summed E-state index contributed by atoms with van der Waals surface area (Å²) in [6, 6.07) is 72.1. The fourth-order valence-electron chi connectivity index (χ4n) is 10.9. The van der Waals surface area contributed by atoms with Gasteiger partial charge in [0.25, 0.3) is 0 Å². The monoisotopic (exact) mass is 790 g/mol. The number of hydrogen-bond donors (Lipinski definition) is 0. The highest BCUT2D eigenvalue weighted by Gasteiger charge is 2.45. The van der Waals surface area contributed by atoms with Crippen LogP contribution in [0.4, 0.5) is 0 Å². The van der Waals surface area contributed by atoms with Crippen LogP contribution in [0.3, 0.4) is 0 Å². The quantitative estimate of drug-likeness (QED) is 0.178. The van der Waals surface area contributed by atoms with Crippen molar-refractivity contribution < 1.29 is 0 Å². The van der Waals surface area contributed by atoms with Gasteiger partial charge in [-0.25, -0.2) is 0 Å². The van der Waals surface area contributed by atoms with E-state index in [1.165, 1.54) is 0 Å². The summed E-state index contributed by atoms with van der Waals surface area (Å²) in [4.78, 5) is 0. The van der Waals surface area contributed by atoms with E-state index in [0.29, 0.717) is 22.5 Å². The van der Waals surface area contributed by atoms with Crippen molar-refractivity contribution >= 4 is 98.6 Å². The third-order valence-corrected chi connectivity index (χ3v) is 13.3. The summed E-state index contributed by atoms with van der Waals surface area (Å²) in [7, 11) is 0. The number of nitrogens with zero attached hydrogens (tertiary/aromatic N) is 6. The first-order valence-corrected chi connectivity index (χ1v) is 21.0. The fraction of sp³-hybridized carbons (Fsp3) is 0.0357. The van der Waals surface area contributed by atoms with E-state index in [4.69, 9.17) is 0 Å². The van der Waals surface area contributed by atoms with Crippen molar-refractivity contribution in [1.82, 2.24) is 18.3 Å². The zero-order chi connectivity index (χ0) is 41.1. The van der Waals surface area contributed by atoms with Gasteiger partial charge in [-0.1, -0.05) is 146 Å². The van der Waals surface area contributed by atoms with E-state index in [0.717, 1.165) is 87.2 Å². The van der Waals surface area contributed by atoms with Crippen LogP contribution >= 0.6 is 0 Å². The van der Waals surface area contributed by atoms with Gasteiger partial charge in [0.1, 0.15) is 0 Å². The molecular formula is C56H34N6. The summed E-state index contributed by atoms with van der Waals surface area (Å²) >= 11 is 0. The van der Waals surface area contributed by atoms with Gasteiger partial charge in [-0.15, -0.1) is 0 Å². The molecule has 4 heterocycles. The molecule has 288 valence electrons. The highest BCUT2D eigenvalue weighted by atomic mass is 15.2. The topological polar surface area (TPSA) is 67.3 Å². The Hall–Kier alpha value is -8.58. The fourth-order valence-corrected chi connectivity index (χ4v) is 10.9. The molecule has 1 aliphatic carbocycles. The number of fused-ring (bicyclic) bond motifs is 12. The standard InChI is InChI=1S/C56H34N6/c57-33-43-53(59-45-25-9-1-17-35(45)36-18-2-10-26-46(36)59)54(60-47-27-11-3-19-37(47)38-20-4-12-28-48(38)60)44(34-58)56(62-51-31-15-7-23-41(51)42-24-8-16-32-52(42)62)55(43)61-49-29-13-5-21-39(49)40-22-6-14-30-50(40)61/h1-32,53-54H. The maximum absolute atomic E-state index is 12.3. The van der Waals surface area contributed by atoms with E-state index in [1.54, 1.807) is 0 Å². The van der Waals surface area contributed by atoms with Crippen LogP contribution in [-0.2, 0) is 0 Å². The zero-order valence-electron chi connectivity index (χ0n) is 33.3. The second kappa shape index (κ2) is 13.0. The predicted octanol–water partition coefficient (Wildman–Crippen LogP) is 13.8. The normalized spacial score (nSPS) is 15.9. The number of allylic oxidation sites excluding steroid dienone is 4. The Bertz CT molecular complexity index is 3560. The molecule has 0 N–H and O–H groups in total. The molecule has 6 heteroatoms. The van der Waals surface area contributed by atoms with Crippen LogP contribution in [-0.4, -0.2) is 18.3 Å². The minimum absolute atomic E-state index is 0.561. The van der Waals surface area contributed by atoms with Gasteiger partial charge in [0.2, 0.25) is 0 Å². The van der Waals surface area contributed by atoms with Crippen molar-refractivity contribution in [3.63, 3.8) is 0 Å². The Morgan fingerprint density at radius 2 is 0.468 bits per heavy atom. The minimum atomic E-state index is -0.676. The molecule has 0 spiro atoms. The summed E-state index contributed by atoms with van der Waals surface area (Å²) in [5, 5.41) is 33.3. The SMILES string of the molecule is N#CC1=C(n2c3ccccc3c3ccccc32)C(n2c3ccccc3c3ccccc32)=C(C#N)C(n2c3ccccc3c3ccccc32)C1n1c2ccccc2c2ccccc21. The van der Waals surface area contributed by atoms with Crippen LogP contribution in [0.25, 0.3) is 98.6 Å². The molecule has 0 saturated heterocycles. The highest BCUT2D eigenvalue weighted by Crippen LogP contribution is 2.55. The van der Waals surface area contributed by atoms with Crippen molar-refractivity contribution in [2.45, 2.75) is 12.1 Å². The van der Waals surface area contributed by atoms with E-state index >= 15 is 0 Å². The number of rotatable bonds is 4. The summed E-state index contributed by atoms with van der Waals surface area (Å²) in [6.45, 7) is 0. The second-order valence-electron chi connectivity index (χ2n) is 16.2. The average molecular weight is 791 g/mol. The third kappa shape index (κ3) is 4.45. The Morgan fingerprint density at radius 3 is 0.694 bits per heavy atom. The zero-order valence-corrected chi connectivity index (χ0v) is 33.3. The summed E-state index contributed by atoms with van der Waals surface area (Å²) in [6.07, 6.45) is 0. The molecule has 0 bridgehead atoms. The van der Waals surface area contributed by atoms with Gasteiger partial charge in [0.05, 0.1) is 68.8 Å². The molecule has 0 aliphatic heterocycles. The lowest BCUT2D eigenvalue weighted by Gasteiger charge is -2.38. The van der Waals surface area contributed by atoms with Gasteiger partial charge >= 0.3 is 0 Å². The molecule has 0 saturated carbocycles. The van der Waals surface area contributed by atoms with Gasteiger partial charge in [-0.3, -0.25) is 0 Å². The van der Waals surface area contributed by atoms with Crippen LogP contribution in [0.1, 0.15) is 12.1 Å². The third-order valence-electron chi connectivity index (χ3n) is 13.3. The Balaban J connectivity index is 1.31. The molecule has 0 amide bonds. The Kier molecular flexibility index (Phi) is 7.17. The molecule has 4 aromatic heterocycles. The van der Waals surface area contributed by atoms with Crippen molar-refractivity contribution in [2.75, 3.05) is 0 Å². The first-order chi connectivity index (χ1) is 30.8. The van der Waals surface area contributed by atoms with Crippen molar-refractivity contribution in [3.8, 4) is 12.1 Å². The first kappa shape index (κ1) is 34.3. The first-order valence-electron chi connectivity index (χ1n) is 21.0. The molecule has 2 unspecified atom stereocenters. The van der Waals surface area contributed by atoms with E-state index in [-0.39, 0.29) is 0 Å². The molecule has 6 nitrogen and oxygen atoms in total. The van der Waals surface area contributed by atoms with Crippen LogP contribution in [0.5, 0.6) is 0 Å². The van der Waals surface area contributed by atoms with Gasteiger partial charge in [0.15, 0.2) is 0 Å². The van der Waals surface area contributed by atoms with Crippen molar-refractivity contribution in [2.24, 2.45) is 0 Å². The second-order valence-corrected chi connectivity index (χ2v) is 16.2. The van der Waals surface area contributed by atoms with E-state index in [9.17, 15) is 10.5 Å². The number of para-hydroxylation sites is 8. The molecule has 0 radical (unpaired) electrons. The Morgan fingerprint density at radius 1 is 0.274 bits per heavy atom. The molecule has 12 aromatic rings. The molecule has 1 aliphatic rings. The van der Waals surface area contributed by atoms with Crippen LogP contribution in [0, 0.1) is 22.7 Å². The maximum Gasteiger partial charge on any atom is 0.0993 e. The molecule has 62 heavy (non-hydrogen) atoms. The van der Waals surface area contributed by atoms with E-state index < -0.39 is 12.1 Å². The lowest BCUT2D eigenvalue weighted by Crippen LogP contribution is -2.32. The van der Waals surface area contributed by atoms with Gasteiger partial charge < -0.3 is 18.3 Å². The molecular weight excluding hydrogens is 757 g/mol. The predicted molar refractivity (Wildman–Crippen MR) is 254 cm³/mol. The largest absolute Gasteiger partial charge is 0.330 e. The van der Waals surface area contributed by atoms with Gasteiger partial charge in [0, 0.05) is 65.2 Å². The average Bonchev–Trinajstić information content (AvgIpc) is 4.06. The van der Waals surface area contributed by atoms with E-state index in [2.05, 4.69) is 225 Å². The number of hydrogen-bond acceptors (Lipinski definition) is 2.